The Morgan fingerprint density at radius 3 is 2.71 bits per heavy atom. The minimum absolute atomic E-state index is 0.402. The van der Waals surface area contributed by atoms with Crippen LogP contribution in [0.15, 0.2) is 16.7 Å². The van der Waals surface area contributed by atoms with Crippen molar-refractivity contribution < 1.29 is 14.7 Å². The average molecular weight is 396 g/mol. The second kappa shape index (κ2) is 7.79. The Kier molecular flexibility index (Phi) is 5.99. The monoisotopic (exact) mass is 395 g/mol. The van der Waals surface area contributed by atoms with Crippen molar-refractivity contribution in [1.29, 1.82) is 0 Å². The molecule has 2 aromatic heterocycles. The van der Waals surface area contributed by atoms with Crippen LogP contribution in [0.25, 0.3) is 5.65 Å². The van der Waals surface area contributed by atoms with Gasteiger partial charge < -0.3 is 10.4 Å². The van der Waals surface area contributed by atoms with E-state index in [1.807, 2.05) is 33.0 Å². The number of rotatable bonds is 7. The predicted octanol–water partition coefficient (Wildman–Crippen LogP) is 3.34. The van der Waals surface area contributed by atoms with Crippen LogP contribution in [-0.2, 0) is 11.2 Å². The first-order valence-electron chi connectivity index (χ1n) is 8.09. The molecule has 0 aliphatic heterocycles. The summed E-state index contributed by atoms with van der Waals surface area (Å²) in [6, 6.07) is 1.05. The van der Waals surface area contributed by atoms with Crippen LogP contribution < -0.4 is 5.32 Å². The lowest BCUT2D eigenvalue weighted by Crippen LogP contribution is -2.41. The summed E-state index contributed by atoms with van der Waals surface area (Å²) in [6.45, 7) is 5.84. The van der Waals surface area contributed by atoms with E-state index >= 15 is 0 Å². The Bertz CT molecular complexity index is 770. The molecule has 0 aliphatic rings. The van der Waals surface area contributed by atoms with E-state index in [1.165, 1.54) is 0 Å². The lowest BCUT2D eigenvalue weighted by molar-refractivity contribution is -0.139. The molecule has 2 rings (SSSR count). The summed E-state index contributed by atoms with van der Waals surface area (Å²) in [6.07, 6.45) is 4.46. The van der Waals surface area contributed by atoms with Gasteiger partial charge >= 0.3 is 5.97 Å². The fraction of sp³-hybridized carbons (Fsp3) is 0.471. The first kappa shape index (κ1) is 18.4. The molecule has 1 atom stereocenters. The highest BCUT2D eigenvalue weighted by Crippen LogP contribution is 2.23. The minimum Gasteiger partial charge on any atom is -0.480 e. The van der Waals surface area contributed by atoms with Gasteiger partial charge in [-0.1, -0.05) is 26.7 Å². The van der Waals surface area contributed by atoms with E-state index in [4.69, 9.17) is 0 Å². The van der Waals surface area contributed by atoms with E-state index < -0.39 is 17.9 Å². The molecule has 24 heavy (non-hydrogen) atoms. The number of carboxylic acid groups (broad SMARTS) is 1. The van der Waals surface area contributed by atoms with Crippen LogP contribution in [0.1, 0.15) is 54.9 Å². The number of aryl methyl sites for hydroxylation is 2. The molecule has 0 saturated heterocycles. The largest absolute Gasteiger partial charge is 0.480 e. The summed E-state index contributed by atoms with van der Waals surface area (Å²) in [5.74, 6) is -1.42. The van der Waals surface area contributed by atoms with Gasteiger partial charge in [0.15, 0.2) is 5.65 Å². The van der Waals surface area contributed by atoms with Crippen molar-refractivity contribution in [2.24, 2.45) is 0 Å². The number of imidazole rings is 1. The Balaban J connectivity index is 2.42. The summed E-state index contributed by atoms with van der Waals surface area (Å²) in [5.41, 5.74) is 2.69. The van der Waals surface area contributed by atoms with Crippen LogP contribution in [0.5, 0.6) is 0 Å². The molecular weight excluding hydrogens is 374 g/mol. The molecule has 0 bridgehead atoms. The standard InChI is InChI=1S/C17H22BrN3O3/c1-4-6-7-13(17(23)24)20-16(22)14-12(5-2)19-15-11(18)8-10(3)9-21(14)15/h8-9,13H,4-7H2,1-3H3,(H,20,22)(H,23,24). The molecule has 0 aliphatic carbocycles. The number of hydrogen-bond acceptors (Lipinski definition) is 3. The number of fused-ring (bicyclic) bond motifs is 1. The molecule has 1 amide bonds. The number of carbonyl (C=O) groups excluding carboxylic acids is 1. The van der Waals surface area contributed by atoms with Gasteiger partial charge in [0, 0.05) is 6.20 Å². The lowest BCUT2D eigenvalue weighted by Gasteiger charge is -2.14. The quantitative estimate of drug-likeness (QED) is 0.752. The molecule has 0 fully saturated rings. The summed E-state index contributed by atoms with van der Waals surface area (Å²) in [4.78, 5) is 28.7. The summed E-state index contributed by atoms with van der Waals surface area (Å²) >= 11 is 3.47. The number of nitrogens with one attached hydrogen (secondary N) is 1. The summed E-state index contributed by atoms with van der Waals surface area (Å²) in [7, 11) is 0. The van der Waals surface area contributed by atoms with Gasteiger partial charge in [0.05, 0.1) is 10.2 Å². The first-order valence-corrected chi connectivity index (χ1v) is 8.89. The highest BCUT2D eigenvalue weighted by molar-refractivity contribution is 9.10. The topological polar surface area (TPSA) is 83.7 Å². The molecule has 0 radical (unpaired) electrons. The number of pyridine rings is 1. The SMILES string of the molecule is CCCCC(NC(=O)c1c(CC)nc2c(Br)cc(C)cn12)C(=O)O. The third-order valence-electron chi connectivity index (χ3n) is 3.88. The van der Waals surface area contributed by atoms with Crippen molar-refractivity contribution in [1.82, 2.24) is 14.7 Å². The maximum absolute atomic E-state index is 12.7. The van der Waals surface area contributed by atoms with Crippen LogP contribution in [0.4, 0.5) is 0 Å². The number of carbonyl (C=O) groups is 2. The Morgan fingerprint density at radius 1 is 1.42 bits per heavy atom. The van der Waals surface area contributed by atoms with Gasteiger partial charge in [-0.05, 0) is 47.3 Å². The second-order valence-corrected chi connectivity index (χ2v) is 6.68. The lowest BCUT2D eigenvalue weighted by atomic mass is 10.1. The number of carboxylic acids is 1. The molecule has 1 unspecified atom stereocenters. The van der Waals surface area contributed by atoms with Crippen molar-refractivity contribution in [3.8, 4) is 0 Å². The van der Waals surface area contributed by atoms with Crippen molar-refractivity contribution in [3.63, 3.8) is 0 Å². The number of aromatic nitrogens is 2. The van der Waals surface area contributed by atoms with Gasteiger partial charge in [-0.2, -0.15) is 0 Å². The number of aliphatic carboxylic acids is 1. The van der Waals surface area contributed by atoms with Crippen molar-refractivity contribution in [2.75, 3.05) is 0 Å². The molecule has 2 heterocycles. The van der Waals surface area contributed by atoms with Crippen LogP contribution in [0, 0.1) is 6.92 Å². The zero-order chi connectivity index (χ0) is 17.9. The van der Waals surface area contributed by atoms with Gasteiger partial charge in [0.25, 0.3) is 5.91 Å². The smallest absolute Gasteiger partial charge is 0.326 e. The maximum atomic E-state index is 12.7. The van der Waals surface area contributed by atoms with E-state index in [9.17, 15) is 14.7 Å². The van der Waals surface area contributed by atoms with E-state index in [1.54, 1.807) is 4.40 Å². The summed E-state index contributed by atoms with van der Waals surface area (Å²) in [5, 5.41) is 12.0. The number of amides is 1. The zero-order valence-corrected chi connectivity index (χ0v) is 15.7. The molecule has 0 aromatic carbocycles. The van der Waals surface area contributed by atoms with Crippen molar-refractivity contribution in [3.05, 3.63) is 33.7 Å². The minimum atomic E-state index is -1.01. The highest BCUT2D eigenvalue weighted by atomic mass is 79.9. The van der Waals surface area contributed by atoms with Gasteiger partial charge in [-0.25, -0.2) is 9.78 Å². The first-order chi connectivity index (χ1) is 11.4. The molecule has 0 saturated carbocycles. The number of nitrogens with zero attached hydrogens (tertiary/aromatic N) is 2. The number of unbranched alkanes of at least 4 members (excludes halogenated alkanes) is 1. The molecule has 130 valence electrons. The molecular formula is C17H22BrN3O3. The van der Waals surface area contributed by atoms with Gasteiger partial charge in [-0.3, -0.25) is 9.20 Å². The number of hydrogen-bond donors (Lipinski definition) is 2. The molecule has 2 aromatic rings. The van der Waals surface area contributed by atoms with Crippen molar-refractivity contribution >= 4 is 33.5 Å². The predicted molar refractivity (Wildman–Crippen MR) is 95.4 cm³/mol. The maximum Gasteiger partial charge on any atom is 0.326 e. The van der Waals surface area contributed by atoms with Crippen molar-refractivity contribution in [2.45, 2.75) is 52.5 Å². The van der Waals surface area contributed by atoms with Crippen LogP contribution >= 0.6 is 15.9 Å². The van der Waals surface area contributed by atoms with Crippen LogP contribution in [-0.4, -0.2) is 32.4 Å². The van der Waals surface area contributed by atoms with E-state index in [0.29, 0.717) is 29.9 Å². The van der Waals surface area contributed by atoms with Gasteiger partial charge in [0.1, 0.15) is 11.7 Å². The highest BCUT2D eigenvalue weighted by Gasteiger charge is 2.25. The molecule has 7 heteroatoms. The fourth-order valence-corrected chi connectivity index (χ4v) is 3.30. The van der Waals surface area contributed by atoms with Gasteiger partial charge in [0.2, 0.25) is 0 Å². The van der Waals surface area contributed by atoms with Crippen LogP contribution in [0.2, 0.25) is 0 Å². The Labute approximate surface area is 149 Å². The molecule has 0 spiro atoms. The Hall–Kier alpha value is -1.89. The molecule has 6 nitrogen and oxygen atoms in total. The van der Waals surface area contributed by atoms with E-state index in [2.05, 4.69) is 26.2 Å². The normalized spacial score (nSPS) is 12.3. The molecule has 2 N–H and O–H groups in total. The third kappa shape index (κ3) is 3.77. The summed E-state index contributed by atoms with van der Waals surface area (Å²) < 4.78 is 2.53. The van der Waals surface area contributed by atoms with Crippen LogP contribution in [0.3, 0.4) is 0 Å². The zero-order valence-electron chi connectivity index (χ0n) is 14.1. The Morgan fingerprint density at radius 2 is 2.12 bits per heavy atom. The fourth-order valence-electron chi connectivity index (χ4n) is 2.66. The van der Waals surface area contributed by atoms with E-state index in [-0.39, 0.29) is 0 Å². The van der Waals surface area contributed by atoms with E-state index in [0.717, 1.165) is 22.9 Å². The second-order valence-electron chi connectivity index (χ2n) is 5.83. The third-order valence-corrected chi connectivity index (χ3v) is 4.47. The number of halogens is 1. The van der Waals surface area contributed by atoms with Gasteiger partial charge in [-0.15, -0.1) is 0 Å². The average Bonchev–Trinajstić information content (AvgIpc) is 2.89.